The molecular weight excluding hydrogens is 400 g/mol. The van der Waals surface area contributed by atoms with Crippen LogP contribution in [0.1, 0.15) is 16.1 Å². The monoisotopic (exact) mass is 424 g/mol. The zero-order valence-electron chi connectivity index (χ0n) is 18.0. The van der Waals surface area contributed by atoms with E-state index in [9.17, 15) is 4.79 Å². The molecule has 3 aromatic rings. The van der Waals surface area contributed by atoms with E-state index in [4.69, 9.17) is 23.7 Å². The number of aromatic amines is 1. The molecule has 0 fully saturated rings. The fourth-order valence-corrected chi connectivity index (χ4v) is 3.01. The van der Waals surface area contributed by atoms with Crippen LogP contribution < -0.4 is 23.7 Å². The van der Waals surface area contributed by atoms with Crippen molar-refractivity contribution in [2.45, 2.75) is 0 Å². The van der Waals surface area contributed by atoms with Crippen LogP contribution in [0.15, 0.2) is 42.5 Å². The van der Waals surface area contributed by atoms with Gasteiger partial charge in [-0.15, -0.1) is 0 Å². The summed E-state index contributed by atoms with van der Waals surface area (Å²) in [5.74, 6) is 2.35. The zero-order valence-corrected chi connectivity index (χ0v) is 18.0. The molecule has 3 rings (SSSR count). The standard InChI is InChI=1S/C23H24N2O6/c1-27-17-8-14(9-18(13-17)28-2)19-12-16(24-25-19)6-7-20(26)15-10-21(29-3)23(31-5)22(11-15)30-4/h6-13H,1-5H3,(H,24,25). The van der Waals surface area contributed by atoms with Crippen LogP contribution in [0.2, 0.25) is 0 Å². The molecule has 31 heavy (non-hydrogen) atoms. The lowest BCUT2D eigenvalue weighted by atomic mass is 10.1. The summed E-state index contributed by atoms with van der Waals surface area (Å²) in [7, 11) is 7.69. The first-order valence-corrected chi connectivity index (χ1v) is 9.34. The lowest BCUT2D eigenvalue weighted by Crippen LogP contribution is -2.00. The molecule has 162 valence electrons. The van der Waals surface area contributed by atoms with E-state index in [2.05, 4.69) is 10.2 Å². The molecule has 0 saturated carbocycles. The highest BCUT2D eigenvalue weighted by Gasteiger charge is 2.16. The number of H-pyrrole nitrogens is 1. The van der Waals surface area contributed by atoms with Crippen molar-refractivity contribution in [1.82, 2.24) is 10.2 Å². The molecule has 0 atom stereocenters. The van der Waals surface area contributed by atoms with Gasteiger partial charge < -0.3 is 23.7 Å². The normalized spacial score (nSPS) is 10.7. The fraction of sp³-hybridized carbons (Fsp3) is 0.217. The Labute approximate surface area is 180 Å². The van der Waals surface area contributed by atoms with Crippen LogP contribution in [0.4, 0.5) is 0 Å². The van der Waals surface area contributed by atoms with Gasteiger partial charge in [-0.3, -0.25) is 9.89 Å². The van der Waals surface area contributed by atoms with Crippen molar-refractivity contribution in [2.24, 2.45) is 0 Å². The molecule has 0 aliphatic heterocycles. The Bertz CT molecular complexity index is 1060. The summed E-state index contributed by atoms with van der Waals surface area (Å²) in [4.78, 5) is 12.7. The number of methoxy groups -OCH3 is 5. The molecule has 0 aliphatic rings. The molecule has 0 saturated heterocycles. The van der Waals surface area contributed by atoms with Crippen molar-refractivity contribution in [3.63, 3.8) is 0 Å². The third-order valence-electron chi connectivity index (χ3n) is 4.61. The quantitative estimate of drug-likeness (QED) is 0.410. The molecule has 0 spiro atoms. The van der Waals surface area contributed by atoms with Crippen molar-refractivity contribution >= 4 is 11.9 Å². The molecule has 1 aromatic heterocycles. The molecule has 0 bridgehead atoms. The van der Waals surface area contributed by atoms with Crippen molar-refractivity contribution < 1.29 is 28.5 Å². The largest absolute Gasteiger partial charge is 0.497 e. The summed E-state index contributed by atoms with van der Waals surface area (Å²) < 4.78 is 26.5. The first-order chi connectivity index (χ1) is 15.0. The van der Waals surface area contributed by atoms with Crippen molar-refractivity contribution in [3.05, 3.63) is 53.7 Å². The number of ether oxygens (including phenoxy) is 5. The first kappa shape index (κ1) is 21.8. The van der Waals surface area contributed by atoms with E-state index in [-0.39, 0.29) is 5.78 Å². The van der Waals surface area contributed by atoms with E-state index in [1.54, 1.807) is 38.5 Å². The van der Waals surface area contributed by atoms with Gasteiger partial charge in [0.25, 0.3) is 0 Å². The molecule has 0 amide bonds. The second kappa shape index (κ2) is 9.71. The number of rotatable bonds is 9. The Morgan fingerprint density at radius 3 is 1.94 bits per heavy atom. The van der Waals surface area contributed by atoms with Crippen LogP contribution in [0.25, 0.3) is 17.3 Å². The third kappa shape index (κ3) is 4.80. The molecule has 8 nitrogen and oxygen atoms in total. The first-order valence-electron chi connectivity index (χ1n) is 9.34. The maximum absolute atomic E-state index is 12.7. The van der Waals surface area contributed by atoms with E-state index in [0.29, 0.717) is 45.7 Å². The van der Waals surface area contributed by atoms with Crippen molar-refractivity contribution in [1.29, 1.82) is 0 Å². The Hall–Kier alpha value is -3.94. The lowest BCUT2D eigenvalue weighted by molar-refractivity contribution is 0.104. The molecule has 8 heteroatoms. The minimum absolute atomic E-state index is 0.224. The van der Waals surface area contributed by atoms with Crippen LogP contribution in [-0.4, -0.2) is 51.5 Å². The Balaban J connectivity index is 1.84. The third-order valence-corrected chi connectivity index (χ3v) is 4.61. The van der Waals surface area contributed by atoms with Crippen molar-refractivity contribution in [3.8, 4) is 40.0 Å². The van der Waals surface area contributed by atoms with Gasteiger partial charge >= 0.3 is 0 Å². The van der Waals surface area contributed by atoms with Gasteiger partial charge in [0.1, 0.15) is 11.5 Å². The molecule has 2 aromatic carbocycles. The van der Waals surface area contributed by atoms with Crippen LogP contribution >= 0.6 is 0 Å². The smallest absolute Gasteiger partial charge is 0.203 e. The van der Waals surface area contributed by atoms with Crippen molar-refractivity contribution in [2.75, 3.05) is 35.5 Å². The molecule has 0 aliphatic carbocycles. The number of aromatic nitrogens is 2. The number of hydrogen-bond acceptors (Lipinski definition) is 7. The van der Waals surface area contributed by atoms with Gasteiger partial charge in [0.15, 0.2) is 17.3 Å². The number of carbonyl (C=O) groups excluding carboxylic acids is 1. The van der Waals surface area contributed by atoms with E-state index in [1.807, 2.05) is 18.2 Å². The maximum Gasteiger partial charge on any atom is 0.203 e. The number of benzene rings is 2. The van der Waals surface area contributed by atoms with Crippen LogP contribution in [0, 0.1) is 0 Å². The van der Waals surface area contributed by atoms with E-state index >= 15 is 0 Å². The van der Waals surface area contributed by atoms with E-state index in [1.165, 1.54) is 27.4 Å². The summed E-state index contributed by atoms with van der Waals surface area (Å²) in [5.41, 5.74) is 2.58. The minimum Gasteiger partial charge on any atom is -0.497 e. The Kier molecular flexibility index (Phi) is 6.81. The predicted octanol–water partition coefficient (Wildman–Crippen LogP) is 4.02. The Morgan fingerprint density at radius 2 is 1.42 bits per heavy atom. The van der Waals surface area contributed by atoms with Gasteiger partial charge in [0, 0.05) is 17.2 Å². The zero-order chi connectivity index (χ0) is 22.4. The average molecular weight is 424 g/mol. The number of nitrogens with one attached hydrogen (secondary N) is 1. The number of hydrogen-bond donors (Lipinski definition) is 1. The topological polar surface area (TPSA) is 91.9 Å². The highest BCUT2D eigenvalue weighted by atomic mass is 16.5. The van der Waals surface area contributed by atoms with Gasteiger partial charge in [0.2, 0.25) is 5.75 Å². The fourth-order valence-electron chi connectivity index (χ4n) is 3.01. The van der Waals surface area contributed by atoms with Gasteiger partial charge in [-0.2, -0.15) is 5.10 Å². The Morgan fingerprint density at radius 1 is 0.806 bits per heavy atom. The lowest BCUT2D eigenvalue weighted by Gasteiger charge is -2.13. The summed E-state index contributed by atoms with van der Waals surface area (Å²) in [6, 6.07) is 10.5. The second-order valence-electron chi connectivity index (χ2n) is 6.42. The molecule has 1 N–H and O–H groups in total. The minimum atomic E-state index is -0.224. The SMILES string of the molecule is COc1cc(OC)cc(-c2cc(C=CC(=O)c3cc(OC)c(OC)c(OC)c3)[nH]n2)c1. The number of ketones is 1. The summed E-state index contributed by atoms with van der Waals surface area (Å²) in [6.45, 7) is 0. The summed E-state index contributed by atoms with van der Waals surface area (Å²) >= 11 is 0. The van der Waals surface area contributed by atoms with E-state index < -0.39 is 0 Å². The molecular formula is C23H24N2O6. The highest BCUT2D eigenvalue weighted by Crippen LogP contribution is 2.38. The summed E-state index contributed by atoms with van der Waals surface area (Å²) in [6.07, 6.45) is 3.10. The number of nitrogens with zero attached hydrogens (tertiary/aromatic N) is 1. The molecule has 0 radical (unpaired) electrons. The van der Waals surface area contributed by atoms with Crippen LogP contribution in [0.3, 0.4) is 0 Å². The van der Waals surface area contributed by atoms with Gasteiger partial charge in [-0.05, 0) is 42.5 Å². The molecule has 1 heterocycles. The highest BCUT2D eigenvalue weighted by molar-refractivity contribution is 6.07. The average Bonchev–Trinajstić information content (AvgIpc) is 3.30. The summed E-state index contributed by atoms with van der Waals surface area (Å²) in [5, 5.41) is 7.22. The number of carbonyl (C=O) groups is 1. The maximum atomic E-state index is 12.7. The van der Waals surface area contributed by atoms with Gasteiger partial charge in [-0.25, -0.2) is 0 Å². The predicted molar refractivity (Wildman–Crippen MR) is 117 cm³/mol. The number of allylic oxidation sites excluding steroid dienone is 1. The van der Waals surface area contributed by atoms with Crippen LogP contribution in [0.5, 0.6) is 28.7 Å². The van der Waals surface area contributed by atoms with E-state index in [0.717, 1.165) is 5.56 Å². The van der Waals surface area contributed by atoms with Gasteiger partial charge in [-0.1, -0.05) is 0 Å². The second-order valence-corrected chi connectivity index (χ2v) is 6.42. The van der Waals surface area contributed by atoms with Gasteiger partial charge in [0.05, 0.1) is 46.9 Å². The van der Waals surface area contributed by atoms with Crippen LogP contribution in [-0.2, 0) is 0 Å². The molecule has 0 unspecified atom stereocenters.